The van der Waals surface area contributed by atoms with Crippen LogP contribution in [0.25, 0.3) is 0 Å². The summed E-state index contributed by atoms with van der Waals surface area (Å²) in [4.78, 5) is 12.1. The van der Waals surface area contributed by atoms with Crippen molar-refractivity contribution in [3.8, 4) is 0 Å². The summed E-state index contributed by atoms with van der Waals surface area (Å²) in [5, 5.41) is 7.22. The number of hydrogen-bond acceptors (Lipinski definition) is 3. The molecule has 3 aliphatic carbocycles. The van der Waals surface area contributed by atoms with E-state index in [2.05, 4.69) is 38.3 Å². The van der Waals surface area contributed by atoms with Crippen molar-refractivity contribution in [2.75, 3.05) is 6.54 Å². The summed E-state index contributed by atoms with van der Waals surface area (Å²) in [6.07, 6.45) is 10.8. The molecule has 1 spiro atoms. The van der Waals surface area contributed by atoms with Crippen LogP contribution < -0.4 is 10.6 Å². The first-order chi connectivity index (χ1) is 14.8. The number of carbonyl (C=O) groups excluding carboxylic acids is 1. The standard InChI is InChI=1S/C27H42N2O2/c1-15-11-22-25(28-14-15)17(3)27(31-22)10-7-18-19-5-6-23-26(4,9-8-24(30)29-23)21(19)12-20(18)16(2)13-27/h15,17-19,21-23,25,28H,5-14H2,1-4H3,(H,29,30)/t15-,17+,18-,19-,21-,22+,23?,25-,26+,27-/m0/s1. The van der Waals surface area contributed by atoms with E-state index in [4.69, 9.17) is 4.74 Å². The van der Waals surface area contributed by atoms with Crippen molar-refractivity contribution in [3.05, 3.63) is 11.1 Å². The molecule has 4 nitrogen and oxygen atoms in total. The van der Waals surface area contributed by atoms with E-state index in [1.165, 1.54) is 38.5 Å². The topological polar surface area (TPSA) is 50.4 Å². The van der Waals surface area contributed by atoms with Crippen molar-refractivity contribution in [1.82, 2.24) is 10.6 Å². The van der Waals surface area contributed by atoms with E-state index >= 15 is 0 Å². The van der Waals surface area contributed by atoms with Crippen LogP contribution in [0.5, 0.6) is 0 Å². The molecule has 2 N–H and O–H groups in total. The van der Waals surface area contributed by atoms with Gasteiger partial charge in [0.05, 0.1) is 11.7 Å². The molecule has 3 saturated heterocycles. The average molecular weight is 427 g/mol. The summed E-state index contributed by atoms with van der Waals surface area (Å²) in [7, 11) is 0. The first-order valence-corrected chi connectivity index (χ1v) is 13.2. The maximum Gasteiger partial charge on any atom is 0.220 e. The van der Waals surface area contributed by atoms with Gasteiger partial charge in [-0.05, 0) is 93.9 Å². The molecular weight excluding hydrogens is 384 g/mol. The van der Waals surface area contributed by atoms with Crippen LogP contribution in [0.2, 0.25) is 0 Å². The number of carbonyl (C=O) groups is 1. The van der Waals surface area contributed by atoms with Crippen LogP contribution in [0.3, 0.4) is 0 Å². The predicted molar refractivity (Wildman–Crippen MR) is 122 cm³/mol. The molecule has 1 unspecified atom stereocenters. The fourth-order valence-electron chi connectivity index (χ4n) is 9.27. The van der Waals surface area contributed by atoms with Gasteiger partial charge in [0, 0.05) is 24.4 Å². The number of ether oxygens (including phenoxy) is 1. The Hall–Kier alpha value is -0.870. The smallest absolute Gasteiger partial charge is 0.220 e. The van der Waals surface area contributed by atoms with Crippen molar-refractivity contribution in [2.45, 2.75) is 109 Å². The van der Waals surface area contributed by atoms with Gasteiger partial charge in [0.15, 0.2) is 0 Å². The van der Waals surface area contributed by atoms with E-state index in [-0.39, 0.29) is 11.5 Å². The Morgan fingerprint density at radius 2 is 1.97 bits per heavy atom. The van der Waals surface area contributed by atoms with Gasteiger partial charge in [0.25, 0.3) is 0 Å². The molecule has 6 aliphatic rings. The maximum atomic E-state index is 12.1. The Morgan fingerprint density at radius 3 is 2.81 bits per heavy atom. The third-order valence-corrected chi connectivity index (χ3v) is 11.1. The van der Waals surface area contributed by atoms with Crippen LogP contribution in [0, 0.1) is 35.0 Å². The molecular formula is C27H42N2O2. The molecule has 172 valence electrons. The van der Waals surface area contributed by atoms with Crippen LogP contribution in [-0.2, 0) is 9.53 Å². The van der Waals surface area contributed by atoms with Crippen molar-refractivity contribution in [1.29, 1.82) is 0 Å². The molecule has 0 radical (unpaired) electrons. The Kier molecular flexibility index (Phi) is 4.72. The molecule has 5 fully saturated rings. The highest BCUT2D eigenvalue weighted by molar-refractivity contribution is 5.77. The minimum absolute atomic E-state index is 0.0449. The summed E-state index contributed by atoms with van der Waals surface area (Å²) < 4.78 is 7.00. The number of allylic oxidation sites excluding steroid dienone is 1. The summed E-state index contributed by atoms with van der Waals surface area (Å²) in [5.74, 6) is 3.92. The molecule has 1 amide bonds. The Bertz CT molecular complexity index is 807. The molecule has 3 heterocycles. The third-order valence-electron chi connectivity index (χ3n) is 11.1. The summed E-state index contributed by atoms with van der Waals surface area (Å²) in [5.41, 5.74) is 3.77. The van der Waals surface area contributed by atoms with Gasteiger partial charge in [-0.2, -0.15) is 0 Å². The van der Waals surface area contributed by atoms with Crippen LogP contribution in [0.15, 0.2) is 11.1 Å². The van der Waals surface area contributed by atoms with E-state index in [1.54, 1.807) is 11.1 Å². The average Bonchev–Trinajstić information content (AvgIpc) is 3.19. The van der Waals surface area contributed by atoms with Gasteiger partial charge in [-0.3, -0.25) is 4.79 Å². The Balaban J connectivity index is 1.28. The van der Waals surface area contributed by atoms with Gasteiger partial charge in [0.1, 0.15) is 0 Å². The van der Waals surface area contributed by atoms with Crippen molar-refractivity contribution < 1.29 is 9.53 Å². The molecule has 3 aliphatic heterocycles. The molecule has 0 aromatic rings. The minimum Gasteiger partial charge on any atom is -0.369 e. The van der Waals surface area contributed by atoms with Gasteiger partial charge >= 0.3 is 0 Å². The monoisotopic (exact) mass is 426 g/mol. The minimum atomic E-state index is 0.0449. The van der Waals surface area contributed by atoms with Crippen LogP contribution in [-0.4, -0.2) is 36.2 Å². The predicted octanol–water partition coefficient (Wildman–Crippen LogP) is 4.59. The molecule has 4 heteroatoms. The fourth-order valence-corrected chi connectivity index (χ4v) is 9.27. The highest BCUT2D eigenvalue weighted by Crippen LogP contribution is 2.62. The summed E-state index contributed by atoms with van der Waals surface area (Å²) in [6, 6.07) is 0.943. The van der Waals surface area contributed by atoms with Crippen LogP contribution >= 0.6 is 0 Å². The normalized spacial score (nSPS) is 54.0. The zero-order chi connectivity index (χ0) is 21.5. The highest BCUT2D eigenvalue weighted by Gasteiger charge is 2.59. The van der Waals surface area contributed by atoms with Gasteiger partial charge < -0.3 is 15.4 Å². The molecule has 0 aromatic carbocycles. The maximum absolute atomic E-state index is 12.1. The quantitative estimate of drug-likeness (QED) is 0.557. The molecule has 10 atom stereocenters. The second kappa shape index (κ2) is 7.06. The zero-order valence-electron chi connectivity index (χ0n) is 20.0. The van der Waals surface area contributed by atoms with Gasteiger partial charge in [-0.25, -0.2) is 0 Å². The molecule has 6 rings (SSSR count). The SMILES string of the molecule is CC1=C2C[C@H]3[C@@H](CCC4NC(=O)CC[C@@]43C)[C@@H]2CC[C@@]2(C1)O[C@@H]1C[C@H](C)CN[C@H]1[C@H]2C. The molecule has 0 bridgehead atoms. The number of rotatable bonds is 0. The fraction of sp³-hybridized carbons (Fsp3) is 0.889. The van der Waals surface area contributed by atoms with E-state index in [0.29, 0.717) is 29.5 Å². The van der Waals surface area contributed by atoms with Gasteiger partial charge in [-0.15, -0.1) is 0 Å². The highest BCUT2D eigenvalue weighted by atomic mass is 16.5. The van der Waals surface area contributed by atoms with Crippen LogP contribution in [0.1, 0.15) is 85.5 Å². The molecule has 2 saturated carbocycles. The Morgan fingerprint density at radius 1 is 1.13 bits per heavy atom. The van der Waals surface area contributed by atoms with E-state index < -0.39 is 0 Å². The first-order valence-electron chi connectivity index (χ1n) is 13.2. The van der Waals surface area contributed by atoms with E-state index in [9.17, 15) is 4.79 Å². The number of amides is 1. The molecule has 0 aromatic heterocycles. The lowest BCUT2D eigenvalue weighted by Crippen LogP contribution is -2.57. The summed E-state index contributed by atoms with van der Waals surface area (Å²) >= 11 is 0. The van der Waals surface area contributed by atoms with Gasteiger partial charge in [-0.1, -0.05) is 31.9 Å². The first kappa shape index (κ1) is 20.7. The lowest BCUT2D eigenvalue weighted by Gasteiger charge is -2.52. The van der Waals surface area contributed by atoms with Gasteiger partial charge in [0.2, 0.25) is 5.91 Å². The number of piperidine rings is 2. The number of nitrogens with one attached hydrogen (secondary N) is 2. The Labute approximate surface area is 188 Å². The van der Waals surface area contributed by atoms with E-state index in [0.717, 1.165) is 49.5 Å². The number of hydrogen-bond donors (Lipinski definition) is 2. The molecule has 31 heavy (non-hydrogen) atoms. The lowest BCUT2D eigenvalue weighted by molar-refractivity contribution is -0.130. The van der Waals surface area contributed by atoms with E-state index in [1.807, 2.05) is 0 Å². The van der Waals surface area contributed by atoms with Crippen molar-refractivity contribution in [2.24, 2.45) is 35.0 Å². The third kappa shape index (κ3) is 2.96. The summed E-state index contributed by atoms with van der Waals surface area (Å²) in [6.45, 7) is 10.9. The zero-order valence-corrected chi connectivity index (χ0v) is 20.0. The van der Waals surface area contributed by atoms with Crippen molar-refractivity contribution >= 4 is 5.91 Å². The largest absolute Gasteiger partial charge is 0.369 e. The van der Waals surface area contributed by atoms with Crippen LogP contribution in [0.4, 0.5) is 0 Å². The lowest BCUT2D eigenvalue weighted by atomic mass is 9.57. The second-order valence-corrected chi connectivity index (χ2v) is 12.6. The number of fused-ring (bicyclic) bond motifs is 6. The second-order valence-electron chi connectivity index (χ2n) is 12.6. The van der Waals surface area contributed by atoms with Crippen molar-refractivity contribution in [3.63, 3.8) is 0 Å².